The lowest BCUT2D eigenvalue weighted by Gasteiger charge is -2.13. The van der Waals surface area contributed by atoms with Crippen LogP contribution in [0, 0.1) is 0 Å². The summed E-state index contributed by atoms with van der Waals surface area (Å²) in [7, 11) is 0. The fourth-order valence-electron chi connectivity index (χ4n) is 2.79. The molecule has 0 radical (unpaired) electrons. The fourth-order valence-corrected chi connectivity index (χ4v) is 2.79. The first-order valence-electron chi connectivity index (χ1n) is 11.6. The maximum Gasteiger partial charge on any atom is 0.326 e. The molecule has 0 aliphatic carbocycles. The molecule has 0 bridgehead atoms. The summed E-state index contributed by atoms with van der Waals surface area (Å²) in [6, 6.07) is -0.984. The van der Waals surface area contributed by atoms with Crippen molar-refractivity contribution in [1.82, 2.24) is 5.32 Å². The number of allylic oxidation sites excluding steroid dienone is 8. The third kappa shape index (κ3) is 20.4. The number of hydrogen-bond acceptors (Lipinski definition) is 3. The van der Waals surface area contributed by atoms with E-state index in [9.17, 15) is 9.59 Å². The minimum atomic E-state index is -1.09. The van der Waals surface area contributed by atoms with E-state index in [-0.39, 0.29) is 31.3 Å². The average Bonchev–Trinajstić information content (AvgIpc) is 2.74. The first kappa shape index (κ1) is 29.2. The van der Waals surface area contributed by atoms with Crippen molar-refractivity contribution in [2.24, 2.45) is 16.5 Å². The molecule has 0 fully saturated rings. The largest absolute Gasteiger partial charge is 0.480 e. The Hall–Kier alpha value is -2.83. The Morgan fingerprint density at radius 3 is 1.91 bits per heavy atom. The maximum absolute atomic E-state index is 11.9. The van der Waals surface area contributed by atoms with E-state index in [4.69, 9.17) is 16.6 Å². The van der Waals surface area contributed by atoms with Crippen LogP contribution in [0.4, 0.5) is 0 Å². The van der Waals surface area contributed by atoms with Crippen molar-refractivity contribution in [1.29, 1.82) is 0 Å². The Bertz CT molecular complexity index is 648. The van der Waals surface area contributed by atoms with Gasteiger partial charge in [-0.3, -0.25) is 9.79 Å². The van der Waals surface area contributed by atoms with E-state index in [0.717, 1.165) is 25.7 Å². The Balaban J connectivity index is 3.81. The molecule has 6 N–H and O–H groups in total. The van der Waals surface area contributed by atoms with E-state index in [0.29, 0.717) is 6.42 Å². The van der Waals surface area contributed by atoms with Gasteiger partial charge in [-0.15, -0.1) is 0 Å². The van der Waals surface area contributed by atoms with Crippen molar-refractivity contribution >= 4 is 17.8 Å². The van der Waals surface area contributed by atoms with Crippen LogP contribution in [0.3, 0.4) is 0 Å². The van der Waals surface area contributed by atoms with E-state index in [1.54, 1.807) is 0 Å². The lowest BCUT2D eigenvalue weighted by atomic mass is 10.1. The number of aliphatic carboxylic acids is 1. The molecular weight excluding hydrogens is 404 g/mol. The van der Waals surface area contributed by atoms with Gasteiger partial charge in [0, 0.05) is 13.0 Å². The van der Waals surface area contributed by atoms with Crippen molar-refractivity contribution in [3.05, 3.63) is 48.6 Å². The summed E-state index contributed by atoms with van der Waals surface area (Å²) in [5.41, 5.74) is 10.4. The van der Waals surface area contributed by atoms with E-state index >= 15 is 0 Å². The van der Waals surface area contributed by atoms with Crippen LogP contribution in [-0.4, -0.2) is 35.5 Å². The number of carboxylic acids is 1. The Kier molecular flexibility index (Phi) is 19.5. The molecule has 32 heavy (non-hydrogen) atoms. The third-order valence-electron chi connectivity index (χ3n) is 4.58. The summed E-state index contributed by atoms with van der Waals surface area (Å²) in [6.07, 6.45) is 27.0. The third-order valence-corrected chi connectivity index (χ3v) is 4.58. The summed E-state index contributed by atoms with van der Waals surface area (Å²) < 4.78 is 0. The van der Waals surface area contributed by atoms with Gasteiger partial charge < -0.3 is 21.9 Å². The monoisotopic (exact) mass is 446 g/mol. The van der Waals surface area contributed by atoms with E-state index < -0.39 is 12.0 Å². The number of rotatable bonds is 19. The van der Waals surface area contributed by atoms with Crippen LogP contribution in [0.25, 0.3) is 0 Å². The number of carbonyl (C=O) groups is 2. The number of amides is 1. The Morgan fingerprint density at radius 1 is 0.875 bits per heavy atom. The van der Waals surface area contributed by atoms with E-state index in [2.05, 4.69) is 59.8 Å². The second-order valence-electron chi connectivity index (χ2n) is 7.53. The highest BCUT2D eigenvalue weighted by molar-refractivity contribution is 5.83. The summed E-state index contributed by atoms with van der Waals surface area (Å²) in [4.78, 5) is 26.8. The zero-order valence-corrected chi connectivity index (χ0v) is 19.5. The molecule has 1 amide bonds. The smallest absolute Gasteiger partial charge is 0.326 e. The summed E-state index contributed by atoms with van der Waals surface area (Å²) in [6.45, 7) is 2.38. The van der Waals surface area contributed by atoms with Gasteiger partial charge >= 0.3 is 5.97 Å². The SMILES string of the molecule is CCCCC/C=C\C/C=C\C/C=C\C/C=C\CCCC(=O)N[C@@H](CCN=C(N)N)C(=O)O. The first-order chi connectivity index (χ1) is 15.5. The molecule has 0 aliphatic rings. The Morgan fingerprint density at radius 2 is 1.41 bits per heavy atom. The van der Waals surface area contributed by atoms with Crippen molar-refractivity contribution < 1.29 is 14.7 Å². The highest BCUT2D eigenvalue weighted by Crippen LogP contribution is 2.02. The standard InChI is InChI=1S/C25H42N4O3/c1-2-3-4-5-6-7-8-9-10-11-12-13-14-15-16-17-18-19-23(30)29-22(24(31)32)20-21-28-25(26)27/h6-7,9-10,12-13,15-16,22H,2-5,8,11,14,17-21H2,1H3,(H,29,30)(H,31,32)(H4,26,27,28)/b7-6-,10-9-,13-12-,16-15-/t22-/m0/s1. The molecule has 0 saturated carbocycles. The molecule has 7 nitrogen and oxygen atoms in total. The van der Waals surface area contributed by atoms with Crippen molar-refractivity contribution in [2.45, 2.75) is 83.6 Å². The number of guanidine groups is 1. The van der Waals surface area contributed by atoms with Gasteiger partial charge in [0.2, 0.25) is 5.91 Å². The molecule has 0 saturated heterocycles. The van der Waals surface area contributed by atoms with Gasteiger partial charge in [-0.25, -0.2) is 4.79 Å². The van der Waals surface area contributed by atoms with Crippen LogP contribution in [0.1, 0.15) is 77.6 Å². The number of carboxylic acid groups (broad SMARTS) is 1. The summed E-state index contributed by atoms with van der Waals surface area (Å²) in [5, 5.41) is 11.7. The number of nitrogens with two attached hydrogens (primary N) is 2. The molecular formula is C25H42N4O3. The molecule has 0 heterocycles. The fraction of sp³-hybridized carbons (Fsp3) is 0.560. The second kappa shape index (κ2) is 21.4. The summed E-state index contributed by atoms with van der Waals surface area (Å²) in [5.74, 6) is -1.47. The van der Waals surface area contributed by atoms with Gasteiger partial charge in [-0.2, -0.15) is 0 Å². The molecule has 0 aromatic heterocycles. The van der Waals surface area contributed by atoms with Gasteiger partial charge in [0.1, 0.15) is 6.04 Å². The van der Waals surface area contributed by atoms with Crippen LogP contribution in [0.15, 0.2) is 53.6 Å². The number of hydrogen-bond donors (Lipinski definition) is 4. The molecule has 1 atom stereocenters. The lowest BCUT2D eigenvalue weighted by Crippen LogP contribution is -2.41. The van der Waals surface area contributed by atoms with Crippen molar-refractivity contribution in [3.8, 4) is 0 Å². The van der Waals surface area contributed by atoms with Gasteiger partial charge in [-0.05, 0) is 51.4 Å². The van der Waals surface area contributed by atoms with Crippen LogP contribution in [0.5, 0.6) is 0 Å². The normalized spacial score (nSPS) is 12.8. The number of carbonyl (C=O) groups excluding carboxylic acids is 1. The molecule has 180 valence electrons. The topological polar surface area (TPSA) is 131 Å². The zero-order valence-electron chi connectivity index (χ0n) is 19.5. The van der Waals surface area contributed by atoms with Gasteiger partial charge in [0.25, 0.3) is 0 Å². The highest BCUT2D eigenvalue weighted by atomic mass is 16.4. The predicted octanol–water partition coefficient (Wildman–Crippen LogP) is 4.37. The van der Waals surface area contributed by atoms with E-state index in [1.807, 2.05) is 6.08 Å². The molecule has 0 spiro atoms. The quantitative estimate of drug-likeness (QED) is 0.101. The number of aliphatic imine (C=N–C) groups is 1. The molecule has 7 heteroatoms. The van der Waals surface area contributed by atoms with Crippen LogP contribution in [-0.2, 0) is 9.59 Å². The van der Waals surface area contributed by atoms with Crippen LogP contribution < -0.4 is 16.8 Å². The minimum Gasteiger partial charge on any atom is -0.480 e. The molecule has 0 aromatic carbocycles. The van der Waals surface area contributed by atoms with Crippen LogP contribution in [0.2, 0.25) is 0 Å². The zero-order chi connectivity index (χ0) is 23.9. The molecule has 0 unspecified atom stereocenters. The second-order valence-corrected chi connectivity index (χ2v) is 7.53. The molecule has 0 aromatic rings. The van der Waals surface area contributed by atoms with E-state index in [1.165, 1.54) is 25.7 Å². The predicted molar refractivity (Wildman–Crippen MR) is 133 cm³/mol. The van der Waals surface area contributed by atoms with Crippen LogP contribution >= 0.6 is 0 Å². The lowest BCUT2D eigenvalue weighted by molar-refractivity contribution is -0.141. The minimum absolute atomic E-state index is 0.0977. The van der Waals surface area contributed by atoms with Crippen molar-refractivity contribution in [2.75, 3.05) is 6.54 Å². The maximum atomic E-state index is 11.9. The van der Waals surface area contributed by atoms with Gasteiger partial charge in [-0.1, -0.05) is 68.4 Å². The first-order valence-corrected chi connectivity index (χ1v) is 11.6. The van der Waals surface area contributed by atoms with Gasteiger partial charge in [0.15, 0.2) is 5.96 Å². The number of unbranched alkanes of at least 4 members (excludes halogenated alkanes) is 4. The highest BCUT2D eigenvalue weighted by Gasteiger charge is 2.18. The summed E-state index contributed by atoms with van der Waals surface area (Å²) >= 11 is 0. The molecule has 0 aliphatic heterocycles. The molecule has 0 rings (SSSR count). The van der Waals surface area contributed by atoms with Gasteiger partial charge in [0.05, 0.1) is 0 Å². The number of nitrogens with one attached hydrogen (secondary N) is 1. The number of nitrogens with zero attached hydrogens (tertiary/aromatic N) is 1. The van der Waals surface area contributed by atoms with Crippen molar-refractivity contribution in [3.63, 3.8) is 0 Å². The Labute approximate surface area is 193 Å². The average molecular weight is 447 g/mol.